The molecular formula is C9H17NOS. The minimum Gasteiger partial charge on any atom is -0.341 e. The first-order chi connectivity index (χ1) is 5.65. The van der Waals surface area contributed by atoms with Gasteiger partial charge in [-0.05, 0) is 25.5 Å². The summed E-state index contributed by atoms with van der Waals surface area (Å²) in [4.78, 5) is 13.6. The number of carbonyl (C=O) groups excluding carboxylic acids is 1. The molecule has 2 nitrogen and oxygen atoms in total. The fourth-order valence-corrected chi connectivity index (χ4v) is 1.84. The van der Waals surface area contributed by atoms with E-state index in [0.717, 1.165) is 13.1 Å². The molecule has 0 aromatic rings. The third-order valence-corrected chi connectivity index (χ3v) is 3.35. The van der Waals surface area contributed by atoms with E-state index in [-0.39, 0.29) is 5.25 Å². The van der Waals surface area contributed by atoms with Gasteiger partial charge in [0.25, 0.3) is 0 Å². The SMILES string of the molecule is CSC(C)C(=O)N1CCC(C)C1. The van der Waals surface area contributed by atoms with E-state index in [4.69, 9.17) is 0 Å². The summed E-state index contributed by atoms with van der Waals surface area (Å²) < 4.78 is 0. The van der Waals surface area contributed by atoms with Gasteiger partial charge in [0.15, 0.2) is 0 Å². The lowest BCUT2D eigenvalue weighted by Gasteiger charge is -2.19. The van der Waals surface area contributed by atoms with E-state index < -0.39 is 0 Å². The van der Waals surface area contributed by atoms with Crippen molar-refractivity contribution in [2.45, 2.75) is 25.5 Å². The summed E-state index contributed by atoms with van der Waals surface area (Å²) in [7, 11) is 0. The second kappa shape index (κ2) is 4.17. The molecule has 0 bridgehead atoms. The summed E-state index contributed by atoms with van der Waals surface area (Å²) in [6.45, 7) is 6.11. The largest absolute Gasteiger partial charge is 0.341 e. The van der Waals surface area contributed by atoms with Gasteiger partial charge in [-0.15, -0.1) is 0 Å². The Bertz CT molecular complexity index is 172. The van der Waals surface area contributed by atoms with Gasteiger partial charge in [0.05, 0.1) is 5.25 Å². The maximum atomic E-state index is 11.6. The Balaban J connectivity index is 2.43. The van der Waals surface area contributed by atoms with Crippen LogP contribution in [0.25, 0.3) is 0 Å². The predicted octanol–water partition coefficient (Wildman–Crippen LogP) is 1.61. The molecule has 1 heterocycles. The van der Waals surface area contributed by atoms with E-state index in [9.17, 15) is 4.79 Å². The van der Waals surface area contributed by atoms with Crippen LogP contribution >= 0.6 is 11.8 Å². The van der Waals surface area contributed by atoms with Gasteiger partial charge in [0.2, 0.25) is 5.91 Å². The van der Waals surface area contributed by atoms with Crippen molar-refractivity contribution >= 4 is 17.7 Å². The number of hydrogen-bond donors (Lipinski definition) is 0. The molecule has 3 heteroatoms. The van der Waals surface area contributed by atoms with E-state index in [1.54, 1.807) is 11.8 Å². The number of amides is 1. The van der Waals surface area contributed by atoms with Crippen molar-refractivity contribution in [3.8, 4) is 0 Å². The highest BCUT2D eigenvalue weighted by molar-refractivity contribution is 7.99. The Labute approximate surface area is 78.7 Å². The maximum Gasteiger partial charge on any atom is 0.235 e. The molecule has 0 aromatic carbocycles. The first-order valence-corrected chi connectivity index (χ1v) is 5.75. The lowest BCUT2D eigenvalue weighted by Crippen LogP contribution is -2.34. The summed E-state index contributed by atoms with van der Waals surface area (Å²) in [6.07, 6.45) is 3.16. The third kappa shape index (κ3) is 2.16. The van der Waals surface area contributed by atoms with E-state index >= 15 is 0 Å². The summed E-state index contributed by atoms with van der Waals surface area (Å²) >= 11 is 1.63. The number of hydrogen-bond acceptors (Lipinski definition) is 2. The number of likely N-dealkylation sites (tertiary alicyclic amines) is 1. The first-order valence-electron chi connectivity index (χ1n) is 4.46. The zero-order valence-corrected chi connectivity index (χ0v) is 8.86. The lowest BCUT2D eigenvalue weighted by molar-refractivity contribution is -0.129. The van der Waals surface area contributed by atoms with Crippen LogP contribution in [0.5, 0.6) is 0 Å². The van der Waals surface area contributed by atoms with Crippen molar-refractivity contribution in [3.05, 3.63) is 0 Å². The average molecular weight is 187 g/mol. The summed E-state index contributed by atoms with van der Waals surface area (Å²) in [5, 5.41) is 0.135. The van der Waals surface area contributed by atoms with Crippen LogP contribution in [0.15, 0.2) is 0 Å². The highest BCUT2D eigenvalue weighted by Crippen LogP contribution is 2.18. The van der Waals surface area contributed by atoms with Gasteiger partial charge in [-0.1, -0.05) is 6.92 Å². The molecule has 0 saturated carbocycles. The van der Waals surface area contributed by atoms with Crippen molar-refractivity contribution in [2.24, 2.45) is 5.92 Å². The maximum absolute atomic E-state index is 11.6. The molecule has 0 aromatic heterocycles. The zero-order valence-electron chi connectivity index (χ0n) is 8.04. The fraction of sp³-hybridized carbons (Fsp3) is 0.889. The van der Waals surface area contributed by atoms with Crippen molar-refractivity contribution in [1.82, 2.24) is 4.90 Å². The Hall–Kier alpha value is -0.180. The molecule has 0 spiro atoms. The van der Waals surface area contributed by atoms with Gasteiger partial charge >= 0.3 is 0 Å². The molecule has 2 unspecified atom stereocenters. The van der Waals surface area contributed by atoms with Gasteiger partial charge in [-0.2, -0.15) is 11.8 Å². The van der Waals surface area contributed by atoms with Gasteiger partial charge in [-0.25, -0.2) is 0 Å². The standard InChI is InChI=1S/C9H17NOS/c1-7-4-5-10(6-7)9(11)8(2)12-3/h7-8H,4-6H2,1-3H3. The van der Waals surface area contributed by atoms with Crippen molar-refractivity contribution in [1.29, 1.82) is 0 Å². The lowest BCUT2D eigenvalue weighted by atomic mass is 10.2. The summed E-state index contributed by atoms with van der Waals surface area (Å²) in [5.41, 5.74) is 0. The smallest absolute Gasteiger partial charge is 0.235 e. The van der Waals surface area contributed by atoms with E-state index in [0.29, 0.717) is 11.8 Å². The topological polar surface area (TPSA) is 20.3 Å². The first kappa shape index (κ1) is 9.90. The van der Waals surface area contributed by atoms with E-state index in [1.165, 1.54) is 6.42 Å². The molecule has 12 heavy (non-hydrogen) atoms. The molecule has 0 N–H and O–H groups in total. The molecule has 1 rings (SSSR count). The zero-order chi connectivity index (χ0) is 9.14. The third-order valence-electron chi connectivity index (χ3n) is 2.44. The van der Waals surface area contributed by atoms with Crippen LogP contribution in [0.2, 0.25) is 0 Å². The molecule has 1 fully saturated rings. The number of thioether (sulfide) groups is 1. The van der Waals surface area contributed by atoms with Gasteiger partial charge < -0.3 is 4.90 Å². The van der Waals surface area contributed by atoms with Crippen molar-refractivity contribution in [2.75, 3.05) is 19.3 Å². The van der Waals surface area contributed by atoms with Crippen LogP contribution in [0, 0.1) is 5.92 Å². The fourth-order valence-electron chi connectivity index (χ4n) is 1.49. The Kier molecular flexibility index (Phi) is 3.44. The Morgan fingerprint density at radius 2 is 2.33 bits per heavy atom. The van der Waals surface area contributed by atoms with Crippen LogP contribution in [-0.4, -0.2) is 35.4 Å². The van der Waals surface area contributed by atoms with E-state index in [1.807, 2.05) is 18.1 Å². The van der Waals surface area contributed by atoms with Crippen LogP contribution in [0.4, 0.5) is 0 Å². The molecular weight excluding hydrogens is 170 g/mol. The van der Waals surface area contributed by atoms with Crippen LogP contribution in [0.1, 0.15) is 20.3 Å². The van der Waals surface area contributed by atoms with Gasteiger partial charge in [0, 0.05) is 13.1 Å². The van der Waals surface area contributed by atoms with Crippen LogP contribution in [0.3, 0.4) is 0 Å². The molecule has 1 saturated heterocycles. The summed E-state index contributed by atoms with van der Waals surface area (Å²) in [5.74, 6) is 1.01. The van der Waals surface area contributed by atoms with Crippen molar-refractivity contribution < 1.29 is 4.79 Å². The van der Waals surface area contributed by atoms with E-state index in [2.05, 4.69) is 6.92 Å². The van der Waals surface area contributed by atoms with Crippen molar-refractivity contribution in [3.63, 3.8) is 0 Å². The highest BCUT2D eigenvalue weighted by atomic mass is 32.2. The second-order valence-electron chi connectivity index (χ2n) is 3.56. The van der Waals surface area contributed by atoms with Gasteiger partial charge in [0.1, 0.15) is 0 Å². The molecule has 2 atom stereocenters. The van der Waals surface area contributed by atoms with Gasteiger partial charge in [-0.3, -0.25) is 4.79 Å². The quantitative estimate of drug-likeness (QED) is 0.654. The van der Waals surface area contributed by atoms with Crippen LogP contribution in [-0.2, 0) is 4.79 Å². The minimum atomic E-state index is 0.135. The molecule has 0 aliphatic carbocycles. The molecule has 0 radical (unpaired) electrons. The minimum absolute atomic E-state index is 0.135. The molecule has 1 aliphatic heterocycles. The second-order valence-corrected chi connectivity index (χ2v) is 4.73. The number of carbonyl (C=O) groups is 1. The predicted molar refractivity (Wildman–Crippen MR) is 53.3 cm³/mol. The number of nitrogens with zero attached hydrogens (tertiary/aromatic N) is 1. The number of rotatable bonds is 2. The van der Waals surface area contributed by atoms with Crippen LogP contribution < -0.4 is 0 Å². The Morgan fingerprint density at radius 1 is 1.67 bits per heavy atom. The molecule has 1 amide bonds. The average Bonchev–Trinajstić information content (AvgIpc) is 2.49. The normalized spacial score (nSPS) is 25.9. The highest BCUT2D eigenvalue weighted by Gasteiger charge is 2.25. The molecule has 70 valence electrons. The Morgan fingerprint density at radius 3 is 2.75 bits per heavy atom. The molecule has 1 aliphatic rings. The summed E-state index contributed by atoms with van der Waals surface area (Å²) in [6, 6.07) is 0. The monoisotopic (exact) mass is 187 g/mol.